The summed E-state index contributed by atoms with van der Waals surface area (Å²) in [4.78, 5) is 8.86. The third-order valence-electron chi connectivity index (χ3n) is 2.76. The summed E-state index contributed by atoms with van der Waals surface area (Å²) < 4.78 is 6.56. The summed E-state index contributed by atoms with van der Waals surface area (Å²) in [5.41, 5.74) is 6.91. The molecule has 1 unspecified atom stereocenters. The Bertz CT molecular complexity index is 378. The number of rotatable bonds is 3. The van der Waals surface area contributed by atoms with Crippen molar-refractivity contribution in [2.24, 2.45) is 0 Å². The van der Waals surface area contributed by atoms with E-state index in [9.17, 15) is 0 Å². The van der Waals surface area contributed by atoms with Crippen LogP contribution in [0.3, 0.4) is 0 Å². The highest BCUT2D eigenvalue weighted by molar-refractivity contribution is 14.1. The molecule has 0 aliphatic carbocycles. The number of anilines is 1. The Labute approximate surface area is 109 Å². The third-order valence-corrected chi connectivity index (χ3v) is 3.94. The highest BCUT2D eigenvalue weighted by Crippen LogP contribution is 2.20. The normalized spacial score (nSPS) is 20.2. The minimum atomic E-state index is 0.282. The number of hydrogen-bond acceptors (Lipinski definition) is 4. The first kappa shape index (κ1) is 12.0. The van der Waals surface area contributed by atoms with E-state index in [1.807, 2.05) is 0 Å². The molecule has 1 aliphatic heterocycles. The molecule has 5 heteroatoms. The quantitative estimate of drug-likeness (QED) is 0.859. The fourth-order valence-corrected chi connectivity index (χ4v) is 2.52. The van der Waals surface area contributed by atoms with Crippen LogP contribution in [0.4, 0.5) is 5.82 Å². The van der Waals surface area contributed by atoms with E-state index >= 15 is 0 Å². The summed E-state index contributed by atoms with van der Waals surface area (Å²) in [6.45, 7) is 2.95. The van der Waals surface area contributed by atoms with Crippen molar-refractivity contribution < 1.29 is 4.74 Å². The van der Waals surface area contributed by atoms with Gasteiger partial charge in [-0.15, -0.1) is 0 Å². The van der Waals surface area contributed by atoms with Gasteiger partial charge in [-0.2, -0.15) is 0 Å². The van der Waals surface area contributed by atoms with Crippen LogP contribution in [0.25, 0.3) is 0 Å². The van der Waals surface area contributed by atoms with Gasteiger partial charge in [0.1, 0.15) is 11.6 Å². The van der Waals surface area contributed by atoms with Crippen LogP contribution >= 0.6 is 22.6 Å². The van der Waals surface area contributed by atoms with Crippen LogP contribution in [0.15, 0.2) is 0 Å². The molecule has 1 atom stereocenters. The van der Waals surface area contributed by atoms with Crippen molar-refractivity contribution in [3.8, 4) is 0 Å². The Hall–Kier alpha value is -0.430. The van der Waals surface area contributed by atoms with Crippen molar-refractivity contribution in [1.82, 2.24) is 9.97 Å². The second-order valence-electron chi connectivity index (χ2n) is 3.98. The molecule has 0 spiro atoms. The van der Waals surface area contributed by atoms with Crippen molar-refractivity contribution >= 4 is 28.4 Å². The van der Waals surface area contributed by atoms with Gasteiger partial charge in [-0.1, -0.05) is 6.92 Å². The van der Waals surface area contributed by atoms with Crippen molar-refractivity contribution in [2.75, 3.05) is 12.3 Å². The molecular formula is C11H16IN3O. The van der Waals surface area contributed by atoms with E-state index in [1.165, 1.54) is 0 Å². The molecule has 1 aliphatic rings. The maximum Gasteiger partial charge on any atom is 0.140 e. The van der Waals surface area contributed by atoms with Crippen LogP contribution in [0, 0.1) is 3.57 Å². The maximum absolute atomic E-state index is 5.87. The average molecular weight is 333 g/mol. The van der Waals surface area contributed by atoms with Gasteiger partial charge in [-0.3, -0.25) is 0 Å². The molecule has 1 saturated heterocycles. The molecule has 2 heterocycles. The molecule has 0 bridgehead atoms. The first-order chi connectivity index (χ1) is 7.70. The largest absolute Gasteiger partial charge is 0.383 e. The first-order valence-corrected chi connectivity index (χ1v) is 6.71. The third kappa shape index (κ3) is 2.63. The average Bonchev–Trinajstić information content (AvgIpc) is 2.76. The van der Waals surface area contributed by atoms with E-state index in [1.54, 1.807) is 0 Å². The fourth-order valence-electron chi connectivity index (χ4n) is 1.90. The molecule has 0 radical (unpaired) electrons. The standard InChI is InChI=1S/C11H16IN3O/c1-2-8-10(12)11(13)15-9(14-8)6-7-4-3-5-16-7/h7H,2-6H2,1H3,(H2,13,14,15). The second-order valence-corrected chi connectivity index (χ2v) is 5.06. The van der Waals surface area contributed by atoms with Gasteiger partial charge in [-0.05, 0) is 41.9 Å². The van der Waals surface area contributed by atoms with Crippen molar-refractivity contribution in [3.63, 3.8) is 0 Å². The van der Waals surface area contributed by atoms with Crippen LogP contribution in [0.2, 0.25) is 0 Å². The van der Waals surface area contributed by atoms with Crippen LogP contribution < -0.4 is 5.73 Å². The Kier molecular flexibility index (Phi) is 3.96. The zero-order valence-corrected chi connectivity index (χ0v) is 11.5. The van der Waals surface area contributed by atoms with Gasteiger partial charge >= 0.3 is 0 Å². The molecule has 1 fully saturated rings. The lowest BCUT2D eigenvalue weighted by Gasteiger charge is -2.11. The summed E-state index contributed by atoms with van der Waals surface area (Å²) in [5, 5.41) is 0. The first-order valence-electron chi connectivity index (χ1n) is 5.63. The summed E-state index contributed by atoms with van der Waals surface area (Å²) >= 11 is 2.20. The summed E-state index contributed by atoms with van der Waals surface area (Å²) in [6.07, 6.45) is 4.21. The summed E-state index contributed by atoms with van der Waals surface area (Å²) in [5.74, 6) is 1.42. The van der Waals surface area contributed by atoms with Crippen LogP contribution in [0.5, 0.6) is 0 Å². The molecule has 4 nitrogen and oxygen atoms in total. The van der Waals surface area contributed by atoms with Gasteiger partial charge in [0.25, 0.3) is 0 Å². The number of aromatic nitrogens is 2. The number of nitrogens with zero attached hydrogens (tertiary/aromatic N) is 2. The minimum Gasteiger partial charge on any atom is -0.383 e. The fraction of sp³-hybridized carbons (Fsp3) is 0.636. The van der Waals surface area contributed by atoms with Crippen molar-refractivity contribution in [2.45, 2.75) is 38.7 Å². The number of aryl methyl sites for hydroxylation is 1. The van der Waals surface area contributed by atoms with E-state index in [0.29, 0.717) is 5.82 Å². The number of nitrogens with two attached hydrogens (primary N) is 1. The predicted molar refractivity (Wildman–Crippen MR) is 71.2 cm³/mol. The lowest BCUT2D eigenvalue weighted by molar-refractivity contribution is 0.110. The Morgan fingerprint density at radius 1 is 1.50 bits per heavy atom. The van der Waals surface area contributed by atoms with E-state index in [2.05, 4.69) is 39.5 Å². The lowest BCUT2D eigenvalue weighted by Crippen LogP contribution is -2.14. The SMILES string of the molecule is CCc1nc(CC2CCCO2)nc(N)c1I. The van der Waals surface area contributed by atoms with Gasteiger partial charge in [0.05, 0.1) is 15.4 Å². The van der Waals surface area contributed by atoms with Gasteiger partial charge in [0.15, 0.2) is 0 Å². The van der Waals surface area contributed by atoms with Gasteiger partial charge in [0, 0.05) is 13.0 Å². The van der Waals surface area contributed by atoms with E-state index in [-0.39, 0.29) is 6.10 Å². The second kappa shape index (κ2) is 5.27. The molecule has 1 aromatic heterocycles. The smallest absolute Gasteiger partial charge is 0.140 e. The molecule has 1 aromatic rings. The molecule has 2 N–H and O–H groups in total. The molecule has 0 saturated carbocycles. The van der Waals surface area contributed by atoms with E-state index in [0.717, 1.165) is 47.4 Å². The summed E-state index contributed by atoms with van der Waals surface area (Å²) in [7, 11) is 0. The number of nitrogen functional groups attached to an aromatic ring is 1. The van der Waals surface area contributed by atoms with Gasteiger partial charge in [0.2, 0.25) is 0 Å². The number of hydrogen-bond donors (Lipinski definition) is 1. The maximum atomic E-state index is 5.87. The van der Waals surface area contributed by atoms with Crippen LogP contribution in [-0.4, -0.2) is 22.7 Å². The van der Waals surface area contributed by atoms with E-state index in [4.69, 9.17) is 10.5 Å². The summed E-state index contributed by atoms with van der Waals surface area (Å²) in [6, 6.07) is 0. The van der Waals surface area contributed by atoms with Crippen molar-refractivity contribution in [1.29, 1.82) is 0 Å². The monoisotopic (exact) mass is 333 g/mol. The topological polar surface area (TPSA) is 61.0 Å². The molecule has 88 valence electrons. The Morgan fingerprint density at radius 3 is 2.94 bits per heavy atom. The van der Waals surface area contributed by atoms with Gasteiger partial charge < -0.3 is 10.5 Å². The predicted octanol–water partition coefficient (Wildman–Crippen LogP) is 1.95. The zero-order valence-electron chi connectivity index (χ0n) is 9.37. The Balaban J connectivity index is 2.17. The molecule has 0 amide bonds. The lowest BCUT2D eigenvalue weighted by atomic mass is 10.1. The van der Waals surface area contributed by atoms with Gasteiger partial charge in [-0.25, -0.2) is 9.97 Å². The van der Waals surface area contributed by atoms with Crippen LogP contribution in [0.1, 0.15) is 31.3 Å². The molecule has 16 heavy (non-hydrogen) atoms. The van der Waals surface area contributed by atoms with Crippen molar-refractivity contribution in [3.05, 3.63) is 15.1 Å². The van der Waals surface area contributed by atoms with E-state index < -0.39 is 0 Å². The number of halogens is 1. The number of ether oxygens (including phenoxy) is 1. The highest BCUT2D eigenvalue weighted by atomic mass is 127. The Morgan fingerprint density at radius 2 is 2.31 bits per heavy atom. The molecular weight excluding hydrogens is 317 g/mol. The molecule has 0 aromatic carbocycles. The van der Waals surface area contributed by atoms with Crippen LogP contribution in [-0.2, 0) is 17.6 Å². The minimum absolute atomic E-state index is 0.282. The zero-order chi connectivity index (χ0) is 11.5. The molecule has 2 rings (SSSR count). The highest BCUT2D eigenvalue weighted by Gasteiger charge is 2.18.